The average Bonchev–Trinajstić information content (AvgIpc) is 3.22. The molecular weight excluding hydrogens is 368 g/mol. The van der Waals surface area contributed by atoms with Gasteiger partial charge in [0.25, 0.3) is 5.91 Å². The first-order valence-corrected chi connectivity index (χ1v) is 9.89. The summed E-state index contributed by atoms with van der Waals surface area (Å²) in [5, 5.41) is 9.49. The number of nitrogens with zero attached hydrogens (tertiary/aromatic N) is 1. The maximum atomic E-state index is 12.1. The van der Waals surface area contributed by atoms with Crippen LogP contribution in [0.5, 0.6) is 11.5 Å². The first-order chi connectivity index (χ1) is 14.2. The monoisotopic (exact) mass is 396 g/mol. The lowest BCUT2D eigenvalue weighted by Crippen LogP contribution is -2.36. The van der Waals surface area contributed by atoms with Crippen LogP contribution in [0.15, 0.2) is 47.5 Å². The molecule has 2 aromatic rings. The number of hydrogen-bond donors (Lipinski definition) is 3. The molecule has 1 aliphatic rings. The summed E-state index contributed by atoms with van der Waals surface area (Å²) in [5.41, 5.74) is 2.83. The van der Waals surface area contributed by atoms with E-state index in [0.717, 1.165) is 35.5 Å². The Hall–Kier alpha value is -3.22. The number of rotatable bonds is 8. The second-order valence-electron chi connectivity index (χ2n) is 6.77. The lowest BCUT2D eigenvalue weighted by molar-refractivity contribution is 0.0953. The fourth-order valence-corrected chi connectivity index (χ4v) is 2.90. The Bertz CT molecular complexity index is 850. The largest absolute Gasteiger partial charge is 0.454 e. The Balaban J connectivity index is 1.46. The van der Waals surface area contributed by atoms with Crippen LogP contribution in [0.2, 0.25) is 0 Å². The molecule has 2 aromatic carbocycles. The van der Waals surface area contributed by atoms with E-state index in [1.807, 2.05) is 42.5 Å². The van der Waals surface area contributed by atoms with Crippen molar-refractivity contribution in [1.82, 2.24) is 16.0 Å². The number of fused-ring (bicyclic) bond motifs is 1. The third kappa shape index (κ3) is 5.88. The van der Waals surface area contributed by atoms with Crippen molar-refractivity contribution in [2.24, 2.45) is 4.99 Å². The molecule has 154 valence electrons. The van der Waals surface area contributed by atoms with Crippen LogP contribution in [0, 0.1) is 0 Å². The second-order valence-corrected chi connectivity index (χ2v) is 6.77. The molecule has 0 saturated carbocycles. The zero-order valence-electron chi connectivity index (χ0n) is 17.0. The Morgan fingerprint density at radius 2 is 1.66 bits per heavy atom. The third-order valence-electron chi connectivity index (χ3n) is 4.61. The van der Waals surface area contributed by atoms with Crippen molar-refractivity contribution >= 4 is 11.9 Å². The molecule has 7 heteroatoms. The van der Waals surface area contributed by atoms with E-state index >= 15 is 0 Å². The first kappa shape index (κ1) is 20.5. The number of nitrogens with one attached hydrogen (secondary N) is 3. The number of amides is 1. The van der Waals surface area contributed by atoms with E-state index in [2.05, 4.69) is 27.9 Å². The predicted molar refractivity (Wildman–Crippen MR) is 113 cm³/mol. The number of aliphatic imine (C=N–C) groups is 1. The first-order valence-electron chi connectivity index (χ1n) is 9.89. The Morgan fingerprint density at radius 3 is 2.38 bits per heavy atom. The van der Waals surface area contributed by atoms with Gasteiger partial charge in [-0.15, -0.1) is 0 Å². The highest BCUT2D eigenvalue weighted by atomic mass is 16.7. The number of carbonyl (C=O) groups is 1. The van der Waals surface area contributed by atoms with Crippen LogP contribution >= 0.6 is 0 Å². The SMILES string of the molecule is CCCCNC(=O)c1ccc(CNC(=NC)NCc2ccc3c(c2)OCO3)cc1. The molecule has 0 aliphatic carbocycles. The lowest BCUT2D eigenvalue weighted by atomic mass is 10.1. The topological polar surface area (TPSA) is 84.0 Å². The van der Waals surface area contributed by atoms with E-state index in [1.165, 1.54) is 0 Å². The highest BCUT2D eigenvalue weighted by molar-refractivity contribution is 5.94. The number of unbranched alkanes of at least 4 members (excludes halogenated alkanes) is 1. The molecule has 0 saturated heterocycles. The van der Waals surface area contributed by atoms with Crippen LogP contribution < -0.4 is 25.4 Å². The number of carbonyl (C=O) groups excluding carboxylic acids is 1. The zero-order valence-corrected chi connectivity index (χ0v) is 17.0. The molecule has 3 rings (SSSR count). The van der Waals surface area contributed by atoms with Gasteiger partial charge in [0.05, 0.1) is 0 Å². The fraction of sp³-hybridized carbons (Fsp3) is 0.364. The minimum atomic E-state index is -0.0286. The summed E-state index contributed by atoms with van der Waals surface area (Å²) in [5.74, 6) is 2.22. The molecular formula is C22H28N4O3. The van der Waals surface area contributed by atoms with E-state index in [-0.39, 0.29) is 12.7 Å². The van der Waals surface area contributed by atoms with Crippen molar-refractivity contribution in [2.75, 3.05) is 20.4 Å². The Kier molecular flexibility index (Phi) is 7.33. The molecule has 0 aromatic heterocycles. The highest BCUT2D eigenvalue weighted by Crippen LogP contribution is 2.32. The molecule has 0 unspecified atom stereocenters. The minimum Gasteiger partial charge on any atom is -0.454 e. The Morgan fingerprint density at radius 1 is 0.966 bits per heavy atom. The van der Waals surface area contributed by atoms with Crippen LogP contribution in [0.25, 0.3) is 0 Å². The number of guanidine groups is 1. The molecule has 0 bridgehead atoms. The van der Waals surface area contributed by atoms with Crippen molar-refractivity contribution in [3.05, 3.63) is 59.2 Å². The number of ether oxygens (including phenoxy) is 2. The van der Waals surface area contributed by atoms with E-state index in [1.54, 1.807) is 7.05 Å². The van der Waals surface area contributed by atoms with Gasteiger partial charge in [-0.05, 0) is 41.8 Å². The smallest absolute Gasteiger partial charge is 0.251 e. The zero-order chi connectivity index (χ0) is 20.5. The van der Waals surface area contributed by atoms with Crippen molar-refractivity contribution in [2.45, 2.75) is 32.9 Å². The van der Waals surface area contributed by atoms with Gasteiger partial charge in [0.15, 0.2) is 17.5 Å². The van der Waals surface area contributed by atoms with Crippen molar-refractivity contribution in [3.8, 4) is 11.5 Å². The normalized spacial score (nSPS) is 12.6. The molecule has 0 atom stereocenters. The maximum Gasteiger partial charge on any atom is 0.251 e. The van der Waals surface area contributed by atoms with Gasteiger partial charge in [-0.2, -0.15) is 0 Å². The average molecular weight is 396 g/mol. The Labute approximate surface area is 171 Å². The molecule has 7 nitrogen and oxygen atoms in total. The molecule has 0 radical (unpaired) electrons. The molecule has 0 fully saturated rings. The summed E-state index contributed by atoms with van der Waals surface area (Å²) in [6, 6.07) is 13.5. The third-order valence-corrected chi connectivity index (χ3v) is 4.61. The van der Waals surface area contributed by atoms with Crippen LogP contribution in [-0.2, 0) is 13.1 Å². The van der Waals surface area contributed by atoms with Gasteiger partial charge in [-0.1, -0.05) is 31.5 Å². The highest BCUT2D eigenvalue weighted by Gasteiger charge is 2.13. The predicted octanol–water partition coefficient (Wildman–Crippen LogP) is 2.81. The summed E-state index contributed by atoms with van der Waals surface area (Å²) in [4.78, 5) is 16.3. The molecule has 1 amide bonds. The number of hydrogen-bond acceptors (Lipinski definition) is 4. The van der Waals surface area contributed by atoms with Crippen molar-refractivity contribution in [3.63, 3.8) is 0 Å². The molecule has 1 aliphatic heterocycles. The summed E-state index contributed by atoms with van der Waals surface area (Å²) in [6.07, 6.45) is 2.06. The van der Waals surface area contributed by atoms with Gasteiger partial charge in [0.1, 0.15) is 0 Å². The van der Waals surface area contributed by atoms with Gasteiger partial charge in [-0.25, -0.2) is 0 Å². The van der Waals surface area contributed by atoms with Gasteiger partial charge in [0, 0.05) is 32.2 Å². The van der Waals surface area contributed by atoms with Gasteiger partial charge in [-0.3, -0.25) is 9.79 Å². The molecule has 3 N–H and O–H groups in total. The molecule has 1 heterocycles. The standard InChI is InChI=1S/C22H28N4O3/c1-3-4-11-24-21(27)18-8-5-16(6-9-18)13-25-22(23-2)26-14-17-7-10-19-20(12-17)29-15-28-19/h5-10,12H,3-4,11,13-15H2,1-2H3,(H,24,27)(H2,23,25,26). The second kappa shape index (κ2) is 10.4. The minimum absolute atomic E-state index is 0.0286. The van der Waals surface area contributed by atoms with Gasteiger partial charge in [0.2, 0.25) is 6.79 Å². The van der Waals surface area contributed by atoms with Crippen LogP contribution in [0.4, 0.5) is 0 Å². The summed E-state index contributed by atoms with van der Waals surface area (Å²) in [7, 11) is 1.73. The number of benzene rings is 2. The van der Waals surface area contributed by atoms with E-state index in [4.69, 9.17) is 9.47 Å². The van der Waals surface area contributed by atoms with Crippen molar-refractivity contribution < 1.29 is 14.3 Å². The summed E-state index contributed by atoms with van der Waals surface area (Å²) >= 11 is 0. The summed E-state index contributed by atoms with van der Waals surface area (Å²) in [6.45, 7) is 4.32. The van der Waals surface area contributed by atoms with Crippen LogP contribution in [0.3, 0.4) is 0 Å². The quantitative estimate of drug-likeness (QED) is 0.363. The molecule has 0 spiro atoms. The van der Waals surface area contributed by atoms with Gasteiger partial charge >= 0.3 is 0 Å². The van der Waals surface area contributed by atoms with Crippen LogP contribution in [0.1, 0.15) is 41.3 Å². The van der Waals surface area contributed by atoms with E-state index in [9.17, 15) is 4.79 Å². The summed E-state index contributed by atoms with van der Waals surface area (Å²) < 4.78 is 10.7. The fourth-order valence-electron chi connectivity index (χ4n) is 2.90. The van der Waals surface area contributed by atoms with E-state index in [0.29, 0.717) is 31.2 Å². The van der Waals surface area contributed by atoms with Crippen LogP contribution in [-0.4, -0.2) is 32.3 Å². The van der Waals surface area contributed by atoms with Gasteiger partial charge < -0.3 is 25.4 Å². The van der Waals surface area contributed by atoms with Crippen molar-refractivity contribution in [1.29, 1.82) is 0 Å². The van der Waals surface area contributed by atoms with E-state index < -0.39 is 0 Å². The lowest BCUT2D eigenvalue weighted by Gasteiger charge is -2.12. The maximum absolute atomic E-state index is 12.1. The molecule has 29 heavy (non-hydrogen) atoms.